The Morgan fingerprint density at radius 2 is 2.05 bits per heavy atom. The molecule has 6 nitrogen and oxygen atoms in total. The average Bonchev–Trinajstić information content (AvgIpc) is 2.80. The summed E-state index contributed by atoms with van der Waals surface area (Å²) in [5.41, 5.74) is 0. The molecule has 0 fully saturated rings. The van der Waals surface area contributed by atoms with Gasteiger partial charge in [0.2, 0.25) is 10.0 Å². The molecule has 0 spiro atoms. The van der Waals surface area contributed by atoms with Crippen LogP contribution in [0.4, 0.5) is 0 Å². The predicted molar refractivity (Wildman–Crippen MR) is 76.4 cm³/mol. The number of nitrogens with zero attached hydrogens (tertiary/aromatic N) is 2. The first-order valence-electron chi connectivity index (χ1n) is 6.66. The molecule has 0 amide bonds. The predicted octanol–water partition coefficient (Wildman–Crippen LogP) is 0.581. The van der Waals surface area contributed by atoms with E-state index in [1.807, 2.05) is 10.8 Å². The Labute approximate surface area is 115 Å². The molecule has 0 atom stereocenters. The highest BCUT2D eigenvalue weighted by Crippen LogP contribution is 1.95. The highest BCUT2D eigenvalue weighted by atomic mass is 32.2. The summed E-state index contributed by atoms with van der Waals surface area (Å²) in [4.78, 5) is 3.90. The first-order chi connectivity index (χ1) is 8.99. The minimum Gasteiger partial charge on any atom is -0.336 e. The minimum absolute atomic E-state index is 0.191. The maximum Gasteiger partial charge on any atom is 0.211 e. The van der Waals surface area contributed by atoms with E-state index in [1.165, 1.54) is 0 Å². The van der Waals surface area contributed by atoms with Crippen molar-refractivity contribution in [2.45, 2.75) is 39.3 Å². The SMILES string of the molecule is CC(C)NCCCCS(=O)(=O)NCCn1ccnc1. The van der Waals surface area contributed by atoms with Gasteiger partial charge in [0.05, 0.1) is 12.1 Å². The van der Waals surface area contributed by atoms with E-state index in [-0.39, 0.29) is 5.75 Å². The normalized spacial score (nSPS) is 12.2. The van der Waals surface area contributed by atoms with Crippen molar-refractivity contribution < 1.29 is 8.42 Å². The number of hydrogen-bond donors (Lipinski definition) is 2. The Balaban J connectivity index is 2.10. The highest BCUT2D eigenvalue weighted by Gasteiger charge is 2.08. The van der Waals surface area contributed by atoms with Crippen molar-refractivity contribution in [3.63, 3.8) is 0 Å². The Kier molecular flexibility index (Phi) is 7.04. The van der Waals surface area contributed by atoms with Crippen molar-refractivity contribution in [1.82, 2.24) is 19.6 Å². The van der Waals surface area contributed by atoms with Crippen molar-refractivity contribution in [2.24, 2.45) is 0 Å². The molecule has 2 N–H and O–H groups in total. The molecular formula is C12H24N4O2S. The fourth-order valence-electron chi connectivity index (χ4n) is 1.63. The number of rotatable bonds is 10. The van der Waals surface area contributed by atoms with Crippen molar-refractivity contribution in [3.8, 4) is 0 Å². The lowest BCUT2D eigenvalue weighted by atomic mass is 10.3. The summed E-state index contributed by atoms with van der Waals surface area (Å²) in [5, 5.41) is 3.27. The van der Waals surface area contributed by atoms with Gasteiger partial charge in [-0.3, -0.25) is 0 Å². The summed E-state index contributed by atoms with van der Waals surface area (Å²) >= 11 is 0. The van der Waals surface area contributed by atoms with Gasteiger partial charge in [-0.2, -0.15) is 0 Å². The number of sulfonamides is 1. The van der Waals surface area contributed by atoms with Gasteiger partial charge in [0.1, 0.15) is 0 Å². The summed E-state index contributed by atoms with van der Waals surface area (Å²) < 4.78 is 27.8. The molecule has 7 heteroatoms. The molecule has 0 bridgehead atoms. The first-order valence-corrected chi connectivity index (χ1v) is 8.31. The van der Waals surface area contributed by atoms with Gasteiger partial charge in [0.25, 0.3) is 0 Å². The Bertz CT molecular complexity index is 429. The number of unbranched alkanes of at least 4 members (excludes halogenated alkanes) is 1. The third kappa shape index (κ3) is 7.97. The number of imidazole rings is 1. The zero-order valence-electron chi connectivity index (χ0n) is 11.7. The molecule has 1 aromatic heterocycles. The standard InChI is InChI=1S/C12H24N4O2S/c1-12(2)14-5-3-4-10-19(17,18)15-7-9-16-8-6-13-11-16/h6,8,11-12,14-15H,3-5,7,9-10H2,1-2H3. The van der Waals surface area contributed by atoms with Gasteiger partial charge in [0, 0.05) is 31.5 Å². The monoisotopic (exact) mass is 288 g/mol. The maximum atomic E-state index is 11.7. The fourth-order valence-corrected chi connectivity index (χ4v) is 2.76. The van der Waals surface area contributed by atoms with Crippen LogP contribution in [0.25, 0.3) is 0 Å². The highest BCUT2D eigenvalue weighted by molar-refractivity contribution is 7.89. The van der Waals surface area contributed by atoms with Gasteiger partial charge in [-0.25, -0.2) is 18.1 Å². The number of aromatic nitrogens is 2. The minimum atomic E-state index is -3.15. The largest absolute Gasteiger partial charge is 0.336 e. The summed E-state index contributed by atoms with van der Waals surface area (Å²) in [6.07, 6.45) is 6.72. The molecule has 0 saturated heterocycles. The molecule has 0 radical (unpaired) electrons. The molecule has 1 heterocycles. The van der Waals surface area contributed by atoms with E-state index < -0.39 is 10.0 Å². The van der Waals surface area contributed by atoms with E-state index in [2.05, 4.69) is 28.9 Å². The van der Waals surface area contributed by atoms with Crippen LogP contribution >= 0.6 is 0 Å². The lowest BCUT2D eigenvalue weighted by Crippen LogP contribution is -2.30. The Morgan fingerprint density at radius 1 is 1.26 bits per heavy atom. The molecular weight excluding hydrogens is 264 g/mol. The van der Waals surface area contributed by atoms with Gasteiger partial charge in [-0.05, 0) is 19.4 Å². The smallest absolute Gasteiger partial charge is 0.211 e. The van der Waals surface area contributed by atoms with Gasteiger partial charge in [-0.1, -0.05) is 13.8 Å². The van der Waals surface area contributed by atoms with Crippen molar-refractivity contribution in [2.75, 3.05) is 18.8 Å². The maximum absolute atomic E-state index is 11.7. The fraction of sp³-hybridized carbons (Fsp3) is 0.750. The van der Waals surface area contributed by atoms with Crippen LogP contribution in [0.5, 0.6) is 0 Å². The summed E-state index contributed by atoms with van der Waals surface area (Å²) in [5.74, 6) is 0.191. The average molecular weight is 288 g/mol. The van der Waals surface area contributed by atoms with E-state index in [9.17, 15) is 8.42 Å². The third-order valence-electron chi connectivity index (χ3n) is 2.64. The lowest BCUT2D eigenvalue weighted by molar-refractivity contribution is 0.552. The van der Waals surface area contributed by atoms with Crippen LogP contribution in [0.15, 0.2) is 18.7 Å². The van der Waals surface area contributed by atoms with Crippen LogP contribution in [0.2, 0.25) is 0 Å². The molecule has 19 heavy (non-hydrogen) atoms. The van der Waals surface area contributed by atoms with Gasteiger partial charge in [0.15, 0.2) is 0 Å². The zero-order chi connectivity index (χ0) is 14.1. The lowest BCUT2D eigenvalue weighted by Gasteiger charge is -2.09. The van der Waals surface area contributed by atoms with E-state index in [0.717, 1.165) is 13.0 Å². The van der Waals surface area contributed by atoms with Crippen LogP contribution in [-0.2, 0) is 16.6 Å². The quantitative estimate of drug-likeness (QED) is 0.618. The molecule has 110 valence electrons. The summed E-state index contributed by atoms with van der Waals surface area (Å²) in [6.45, 7) is 6.03. The van der Waals surface area contributed by atoms with Crippen LogP contribution < -0.4 is 10.0 Å². The molecule has 0 unspecified atom stereocenters. The molecule has 0 aliphatic rings. The third-order valence-corrected chi connectivity index (χ3v) is 4.11. The van der Waals surface area contributed by atoms with Crippen LogP contribution in [0.3, 0.4) is 0 Å². The molecule has 0 aliphatic heterocycles. The van der Waals surface area contributed by atoms with Gasteiger partial charge >= 0.3 is 0 Å². The first kappa shape index (κ1) is 16.1. The van der Waals surface area contributed by atoms with Crippen molar-refractivity contribution in [1.29, 1.82) is 0 Å². The summed E-state index contributed by atoms with van der Waals surface area (Å²) in [6, 6.07) is 0.449. The molecule has 1 rings (SSSR count). The van der Waals surface area contributed by atoms with Gasteiger partial charge in [-0.15, -0.1) is 0 Å². The number of nitrogens with one attached hydrogen (secondary N) is 2. The second-order valence-corrected chi connectivity index (χ2v) is 6.76. The molecule has 0 saturated carbocycles. The molecule has 0 aliphatic carbocycles. The summed E-state index contributed by atoms with van der Waals surface area (Å²) in [7, 11) is -3.15. The van der Waals surface area contributed by atoms with E-state index in [4.69, 9.17) is 0 Å². The molecule has 1 aromatic rings. The second-order valence-electron chi connectivity index (χ2n) is 4.83. The zero-order valence-corrected chi connectivity index (χ0v) is 12.5. The van der Waals surface area contributed by atoms with Crippen molar-refractivity contribution in [3.05, 3.63) is 18.7 Å². The van der Waals surface area contributed by atoms with E-state index >= 15 is 0 Å². The van der Waals surface area contributed by atoms with E-state index in [0.29, 0.717) is 25.6 Å². The Hall–Kier alpha value is -0.920. The van der Waals surface area contributed by atoms with E-state index in [1.54, 1.807) is 12.5 Å². The molecule has 0 aromatic carbocycles. The van der Waals surface area contributed by atoms with Gasteiger partial charge < -0.3 is 9.88 Å². The Morgan fingerprint density at radius 3 is 2.68 bits per heavy atom. The van der Waals surface area contributed by atoms with Crippen LogP contribution in [0, 0.1) is 0 Å². The number of hydrogen-bond acceptors (Lipinski definition) is 4. The topological polar surface area (TPSA) is 76.0 Å². The van der Waals surface area contributed by atoms with Crippen molar-refractivity contribution >= 4 is 10.0 Å². The van der Waals surface area contributed by atoms with Crippen LogP contribution in [-0.4, -0.2) is 42.9 Å². The second kappa shape index (κ2) is 8.29. The van der Waals surface area contributed by atoms with Crippen LogP contribution in [0.1, 0.15) is 26.7 Å².